The van der Waals surface area contributed by atoms with Gasteiger partial charge < -0.3 is 15.5 Å². The van der Waals surface area contributed by atoms with Crippen molar-refractivity contribution in [2.75, 3.05) is 6.61 Å². The largest absolute Gasteiger partial charge is 0.480 e. The first-order valence-electron chi connectivity index (χ1n) is 5.42. The molecule has 1 amide bonds. The lowest BCUT2D eigenvalue weighted by molar-refractivity contribution is -0.142. The van der Waals surface area contributed by atoms with E-state index in [0.717, 1.165) is 11.1 Å². The Balaban J connectivity index is 2.59. The summed E-state index contributed by atoms with van der Waals surface area (Å²) in [4.78, 5) is 22.0. The zero-order valence-electron chi connectivity index (χ0n) is 9.96. The predicted octanol–water partition coefficient (Wildman–Crippen LogP) is 0.570. The molecule has 1 aromatic rings. The molecule has 0 radical (unpaired) electrons. The molecule has 5 heteroatoms. The number of aryl methyl sites for hydroxylation is 1. The van der Waals surface area contributed by atoms with Crippen LogP contribution >= 0.6 is 0 Å². The highest BCUT2D eigenvalue weighted by Gasteiger charge is 2.16. The lowest BCUT2D eigenvalue weighted by Crippen LogP contribution is -2.42. The van der Waals surface area contributed by atoms with Gasteiger partial charge in [-0.3, -0.25) is 4.79 Å². The van der Waals surface area contributed by atoms with Gasteiger partial charge in [-0.25, -0.2) is 4.79 Å². The zero-order chi connectivity index (χ0) is 13.5. The fraction of sp³-hybridized carbons (Fsp3) is 0.231. The molecule has 0 aromatic heterocycles. The van der Waals surface area contributed by atoms with Gasteiger partial charge in [0.2, 0.25) is 5.91 Å². The van der Waals surface area contributed by atoms with Gasteiger partial charge in [0, 0.05) is 6.08 Å². The number of rotatable bonds is 5. The molecule has 0 spiro atoms. The molecule has 0 bridgehead atoms. The molecule has 0 aliphatic heterocycles. The van der Waals surface area contributed by atoms with Crippen molar-refractivity contribution in [3.8, 4) is 0 Å². The molecular weight excluding hydrogens is 234 g/mol. The first-order chi connectivity index (χ1) is 8.52. The fourth-order valence-corrected chi connectivity index (χ4v) is 1.25. The van der Waals surface area contributed by atoms with Crippen LogP contribution in [-0.4, -0.2) is 34.7 Å². The van der Waals surface area contributed by atoms with Crippen molar-refractivity contribution in [1.29, 1.82) is 0 Å². The number of aliphatic hydroxyl groups excluding tert-OH is 1. The molecule has 0 saturated heterocycles. The SMILES string of the molecule is Cc1ccc(/C=C/C(=O)NC(CO)C(=O)O)cc1. The second-order valence-corrected chi connectivity index (χ2v) is 3.83. The first kappa shape index (κ1) is 13.9. The monoisotopic (exact) mass is 249 g/mol. The van der Waals surface area contributed by atoms with E-state index in [1.807, 2.05) is 31.2 Å². The van der Waals surface area contributed by atoms with Gasteiger partial charge in [-0.05, 0) is 18.6 Å². The van der Waals surface area contributed by atoms with Gasteiger partial charge in [0.1, 0.15) is 0 Å². The van der Waals surface area contributed by atoms with Crippen LogP contribution in [0, 0.1) is 6.92 Å². The average Bonchev–Trinajstić information content (AvgIpc) is 2.35. The number of carboxylic acids is 1. The van der Waals surface area contributed by atoms with Crippen LogP contribution in [0.4, 0.5) is 0 Å². The number of hydrogen-bond donors (Lipinski definition) is 3. The number of carbonyl (C=O) groups is 2. The number of carbonyl (C=O) groups excluding carboxylic acids is 1. The third-order valence-electron chi connectivity index (χ3n) is 2.30. The van der Waals surface area contributed by atoms with E-state index < -0.39 is 24.5 Å². The van der Waals surface area contributed by atoms with Crippen LogP contribution in [0.2, 0.25) is 0 Å². The van der Waals surface area contributed by atoms with Crippen LogP contribution in [-0.2, 0) is 9.59 Å². The minimum absolute atomic E-state index is 0.558. The van der Waals surface area contributed by atoms with Gasteiger partial charge in [-0.15, -0.1) is 0 Å². The summed E-state index contributed by atoms with van der Waals surface area (Å²) in [5.74, 6) is -1.83. The molecule has 0 saturated carbocycles. The number of carboxylic acid groups (broad SMARTS) is 1. The lowest BCUT2D eigenvalue weighted by atomic mass is 10.1. The molecule has 5 nitrogen and oxygen atoms in total. The van der Waals surface area contributed by atoms with E-state index in [1.54, 1.807) is 6.08 Å². The second-order valence-electron chi connectivity index (χ2n) is 3.83. The minimum Gasteiger partial charge on any atom is -0.480 e. The maximum Gasteiger partial charge on any atom is 0.328 e. The first-order valence-corrected chi connectivity index (χ1v) is 5.42. The van der Waals surface area contributed by atoms with E-state index in [-0.39, 0.29) is 0 Å². The number of amides is 1. The summed E-state index contributed by atoms with van der Waals surface area (Å²) in [6, 6.07) is 6.23. The molecule has 18 heavy (non-hydrogen) atoms. The van der Waals surface area contributed by atoms with Gasteiger partial charge in [0.05, 0.1) is 6.61 Å². The van der Waals surface area contributed by atoms with Crippen molar-refractivity contribution in [2.45, 2.75) is 13.0 Å². The highest BCUT2D eigenvalue weighted by molar-refractivity contribution is 5.94. The van der Waals surface area contributed by atoms with Crippen LogP contribution in [0.15, 0.2) is 30.3 Å². The standard InChI is InChI=1S/C13H15NO4/c1-9-2-4-10(5-3-9)6-7-12(16)14-11(8-15)13(17)18/h2-7,11,15H,8H2,1H3,(H,14,16)(H,17,18)/b7-6+. The van der Waals surface area contributed by atoms with Crippen LogP contribution in [0.1, 0.15) is 11.1 Å². The van der Waals surface area contributed by atoms with Gasteiger partial charge >= 0.3 is 5.97 Å². The summed E-state index contributed by atoms with van der Waals surface area (Å²) >= 11 is 0. The van der Waals surface area contributed by atoms with Gasteiger partial charge in [0.25, 0.3) is 0 Å². The molecule has 0 aliphatic rings. The molecule has 3 N–H and O–H groups in total. The number of benzene rings is 1. The van der Waals surface area contributed by atoms with Gasteiger partial charge in [-0.2, -0.15) is 0 Å². The molecule has 0 fully saturated rings. The van der Waals surface area contributed by atoms with E-state index in [0.29, 0.717) is 0 Å². The number of nitrogens with one attached hydrogen (secondary N) is 1. The summed E-state index contributed by atoms with van der Waals surface area (Å²) in [5, 5.41) is 19.6. The molecule has 1 rings (SSSR count). The highest BCUT2D eigenvalue weighted by Crippen LogP contribution is 2.04. The zero-order valence-corrected chi connectivity index (χ0v) is 9.96. The summed E-state index contributed by atoms with van der Waals surface area (Å²) in [5.41, 5.74) is 1.95. The van der Waals surface area contributed by atoms with Crippen molar-refractivity contribution in [3.05, 3.63) is 41.5 Å². The molecule has 0 heterocycles. The molecule has 1 unspecified atom stereocenters. The Kier molecular flexibility index (Phi) is 5.07. The van der Waals surface area contributed by atoms with E-state index >= 15 is 0 Å². The van der Waals surface area contributed by atoms with Crippen molar-refractivity contribution >= 4 is 18.0 Å². The smallest absolute Gasteiger partial charge is 0.328 e. The topological polar surface area (TPSA) is 86.6 Å². The molecule has 1 aromatic carbocycles. The Morgan fingerprint density at radius 1 is 1.33 bits per heavy atom. The van der Waals surface area contributed by atoms with Crippen molar-refractivity contribution < 1.29 is 19.8 Å². The molecular formula is C13H15NO4. The van der Waals surface area contributed by atoms with Crippen LogP contribution in [0.3, 0.4) is 0 Å². The summed E-state index contributed by atoms with van der Waals surface area (Å²) in [6.45, 7) is 1.32. The summed E-state index contributed by atoms with van der Waals surface area (Å²) < 4.78 is 0. The van der Waals surface area contributed by atoms with Crippen molar-refractivity contribution in [1.82, 2.24) is 5.32 Å². The van der Waals surface area contributed by atoms with Crippen LogP contribution in [0.5, 0.6) is 0 Å². The number of hydrogen-bond acceptors (Lipinski definition) is 3. The Labute approximate surface area is 105 Å². The summed E-state index contributed by atoms with van der Waals surface area (Å²) in [7, 11) is 0. The Morgan fingerprint density at radius 2 is 1.94 bits per heavy atom. The summed E-state index contributed by atoms with van der Waals surface area (Å²) in [6.07, 6.45) is 2.81. The molecule has 1 atom stereocenters. The lowest BCUT2D eigenvalue weighted by Gasteiger charge is -2.09. The number of aliphatic carboxylic acids is 1. The average molecular weight is 249 g/mol. The van der Waals surface area contributed by atoms with Crippen molar-refractivity contribution in [3.63, 3.8) is 0 Å². The maximum absolute atomic E-state index is 11.4. The quantitative estimate of drug-likeness (QED) is 0.666. The van der Waals surface area contributed by atoms with E-state index in [2.05, 4.69) is 5.32 Å². The van der Waals surface area contributed by atoms with E-state index in [4.69, 9.17) is 10.2 Å². The van der Waals surface area contributed by atoms with Gasteiger partial charge in [0.15, 0.2) is 6.04 Å². The van der Waals surface area contributed by atoms with E-state index in [1.165, 1.54) is 6.08 Å². The molecule has 96 valence electrons. The number of aliphatic hydroxyl groups is 1. The third-order valence-corrected chi connectivity index (χ3v) is 2.30. The second kappa shape index (κ2) is 6.56. The third kappa shape index (κ3) is 4.39. The van der Waals surface area contributed by atoms with Crippen LogP contribution < -0.4 is 5.32 Å². The normalized spacial score (nSPS) is 12.3. The fourth-order valence-electron chi connectivity index (χ4n) is 1.25. The van der Waals surface area contributed by atoms with Gasteiger partial charge in [-0.1, -0.05) is 29.8 Å². The molecule has 0 aliphatic carbocycles. The predicted molar refractivity (Wildman–Crippen MR) is 66.9 cm³/mol. The van der Waals surface area contributed by atoms with Crippen molar-refractivity contribution in [2.24, 2.45) is 0 Å². The van der Waals surface area contributed by atoms with E-state index in [9.17, 15) is 9.59 Å². The Bertz CT molecular complexity index is 451. The minimum atomic E-state index is -1.28. The maximum atomic E-state index is 11.4. The van der Waals surface area contributed by atoms with Crippen LogP contribution in [0.25, 0.3) is 6.08 Å². The Hall–Kier alpha value is -2.14. The Morgan fingerprint density at radius 3 is 2.44 bits per heavy atom. The highest BCUT2D eigenvalue weighted by atomic mass is 16.4.